The number of esters is 1. The Bertz CT molecular complexity index is 721. The standard InChI is InChI=1S/C18H18O5/c1-3-22-18(21)14-8-5-9-15(16(14)17(19)20)23-11-13-7-4-6-12(2)10-13/h4-10H,3,11H2,1-2H3,(H,19,20). The smallest absolute Gasteiger partial charge is 0.340 e. The summed E-state index contributed by atoms with van der Waals surface area (Å²) in [6.45, 7) is 4.02. The van der Waals surface area contributed by atoms with Gasteiger partial charge in [0.2, 0.25) is 0 Å². The maximum Gasteiger partial charge on any atom is 0.340 e. The second-order valence-corrected chi connectivity index (χ2v) is 4.98. The minimum Gasteiger partial charge on any atom is -0.488 e. The Morgan fingerprint density at radius 3 is 2.52 bits per heavy atom. The van der Waals surface area contributed by atoms with E-state index >= 15 is 0 Å². The highest BCUT2D eigenvalue weighted by Crippen LogP contribution is 2.24. The number of hydrogen-bond acceptors (Lipinski definition) is 4. The predicted molar refractivity (Wildman–Crippen MR) is 84.9 cm³/mol. The van der Waals surface area contributed by atoms with Crippen LogP contribution in [-0.2, 0) is 11.3 Å². The zero-order chi connectivity index (χ0) is 16.8. The average molecular weight is 314 g/mol. The molecule has 2 aromatic rings. The van der Waals surface area contributed by atoms with Crippen molar-refractivity contribution in [3.8, 4) is 5.75 Å². The number of carboxylic acids is 1. The first-order valence-corrected chi connectivity index (χ1v) is 7.24. The van der Waals surface area contributed by atoms with Crippen LogP contribution in [0.4, 0.5) is 0 Å². The van der Waals surface area contributed by atoms with Crippen LogP contribution in [0.2, 0.25) is 0 Å². The summed E-state index contributed by atoms with van der Waals surface area (Å²) in [5, 5.41) is 9.42. The van der Waals surface area contributed by atoms with E-state index in [0.717, 1.165) is 11.1 Å². The Morgan fingerprint density at radius 1 is 1.13 bits per heavy atom. The topological polar surface area (TPSA) is 72.8 Å². The van der Waals surface area contributed by atoms with Crippen LogP contribution in [0.15, 0.2) is 42.5 Å². The second-order valence-electron chi connectivity index (χ2n) is 4.98. The van der Waals surface area contributed by atoms with Gasteiger partial charge in [-0.05, 0) is 31.5 Å². The number of hydrogen-bond donors (Lipinski definition) is 1. The summed E-state index contributed by atoms with van der Waals surface area (Å²) < 4.78 is 10.5. The van der Waals surface area contributed by atoms with E-state index in [1.54, 1.807) is 13.0 Å². The van der Waals surface area contributed by atoms with E-state index in [2.05, 4.69) is 0 Å². The normalized spacial score (nSPS) is 10.2. The Kier molecular flexibility index (Phi) is 5.36. The molecule has 1 N–H and O–H groups in total. The van der Waals surface area contributed by atoms with E-state index in [9.17, 15) is 14.7 Å². The summed E-state index contributed by atoms with van der Waals surface area (Å²) >= 11 is 0. The van der Waals surface area contributed by atoms with E-state index in [0.29, 0.717) is 0 Å². The predicted octanol–water partition coefficient (Wildman–Crippen LogP) is 3.45. The molecule has 0 aliphatic rings. The van der Waals surface area contributed by atoms with Crippen molar-refractivity contribution in [2.75, 3.05) is 6.61 Å². The molecular formula is C18H18O5. The van der Waals surface area contributed by atoms with Crippen molar-refractivity contribution < 1.29 is 24.2 Å². The van der Waals surface area contributed by atoms with Gasteiger partial charge in [0.15, 0.2) is 0 Å². The van der Waals surface area contributed by atoms with Crippen molar-refractivity contribution in [3.63, 3.8) is 0 Å². The number of ether oxygens (including phenoxy) is 2. The van der Waals surface area contributed by atoms with Crippen molar-refractivity contribution in [2.45, 2.75) is 20.5 Å². The highest BCUT2D eigenvalue weighted by molar-refractivity contribution is 6.04. The first kappa shape index (κ1) is 16.5. The van der Waals surface area contributed by atoms with E-state index < -0.39 is 11.9 Å². The number of aromatic carboxylic acids is 1. The van der Waals surface area contributed by atoms with Crippen molar-refractivity contribution in [2.24, 2.45) is 0 Å². The van der Waals surface area contributed by atoms with Crippen LogP contribution in [-0.4, -0.2) is 23.7 Å². The lowest BCUT2D eigenvalue weighted by atomic mass is 10.1. The fourth-order valence-corrected chi connectivity index (χ4v) is 2.21. The molecule has 0 aromatic heterocycles. The van der Waals surface area contributed by atoms with Gasteiger partial charge in [0, 0.05) is 0 Å². The molecule has 23 heavy (non-hydrogen) atoms. The molecule has 0 bridgehead atoms. The van der Waals surface area contributed by atoms with Crippen LogP contribution in [0, 0.1) is 6.92 Å². The maximum atomic E-state index is 11.9. The first-order chi connectivity index (χ1) is 11.0. The maximum absolute atomic E-state index is 11.9. The molecule has 2 rings (SSSR count). The largest absolute Gasteiger partial charge is 0.488 e. The Morgan fingerprint density at radius 2 is 1.87 bits per heavy atom. The highest BCUT2D eigenvalue weighted by Gasteiger charge is 2.22. The van der Waals surface area contributed by atoms with Crippen LogP contribution in [0.3, 0.4) is 0 Å². The summed E-state index contributed by atoms with van der Waals surface area (Å²) in [6.07, 6.45) is 0. The zero-order valence-corrected chi connectivity index (χ0v) is 13.0. The summed E-state index contributed by atoms with van der Waals surface area (Å²) in [5.41, 5.74) is 1.81. The van der Waals surface area contributed by atoms with Gasteiger partial charge >= 0.3 is 11.9 Å². The van der Waals surface area contributed by atoms with E-state index in [1.807, 2.05) is 31.2 Å². The van der Waals surface area contributed by atoms with Gasteiger partial charge < -0.3 is 14.6 Å². The van der Waals surface area contributed by atoms with Gasteiger partial charge in [0.1, 0.15) is 17.9 Å². The summed E-state index contributed by atoms with van der Waals surface area (Å²) in [6, 6.07) is 12.2. The fourth-order valence-electron chi connectivity index (χ4n) is 2.21. The third kappa shape index (κ3) is 4.10. The number of aryl methyl sites for hydroxylation is 1. The molecule has 0 saturated heterocycles. The minimum atomic E-state index is -1.23. The summed E-state index contributed by atoms with van der Waals surface area (Å²) in [4.78, 5) is 23.4. The number of rotatable bonds is 6. The molecule has 5 nitrogen and oxygen atoms in total. The van der Waals surface area contributed by atoms with E-state index in [4.69, 9.17) is 9.47 Å². The monoisotopic (exact) mass is 314 g/mol. The van der Waals surface area contributed by atoms with Crippen LogP contribution in [0.1, 0.15) is 38.8 Å². The second kappa shape index (κ2) is 7.45. The molecule has 0 saturated carbocycles. The van der Waals surface area contributed by atoms with Gasteiger partial charge in [-0.15, -0.1) is 0 Å². The number of carbonyl (C=O) groups excluding carboxylic acids is 1. The van der Waals surface area contributed by atoms with Crippen molar-refractivity contribution in [1.82, 2.24) is 0 Å². The summed E-state index contributed by atoms with van der Waals surface area (Å²) in [7, 11) is 0. The molecule has 0 radical (unpaired) electrons. The zero-order valence-electron chi connectivity index (χ0n) is 13.0. The highest BCUT2D eigenvalue weighted by atomic mass is 16.5. The molecule has 0 unspecified atom stereocenters. The minimum absolute atomic E-state index is 0.0129. The fraction of sp³-hybridized carbons (Fsp3) is 0.222. The van der Waals surface area contributed by atoms with Gasteiger partial charge in [-0.3, -0.25) is 0 Å². The molecule has 0 heterocycles. The Hall–Kier alpha value is -2.82. The SMILES string of the molecule is CCOC(=O)c1cccc(OCc2cccc(C)c2)c1C(=O)O. The molecule has 0 aliphatic carbocycles. The Labute approximate surface area is 134 Å². The van der Waals surface area contributed by atoms with Crippen LogP contribution < -0.4 is 4.74 Å². The molecule has 0 aliphatic heterocycles. The van der Waals surface area contributed by atoms with Gasteiger partial charge in [-0.2, -0.15) is 0 Å². The van der Waals surface area contributed by atoms with Gasteiger partial charge in [0.05, 0.1) is 12.2 Å². The van der Waals surface area contributed by atoms with Crippen molar-refractivity contribution >= 4 is 11.9 Å². The first-order valence-electron chi connectivity index (χ1n) is 7.24. The van der Waals surface area contributed by atoms with E-state index in [1.165, 1.54) is 12.1 Å². The molecular weight excluding hydrogens is 296 g/mol. The quantitative estimate of drug-likeness (QED) is 0.827. The molecule has 120 valence electrons. The molecule has 0 amide bonds. The van der Waals surface area contributed by atoms with Gasteiger partial charge in [-0.1, -0.05) is 35.9 Å². The third-order valence-corrected chi connectivity index (χ3v) is 3.21. The van der Waals surface area contributed by atoms with Crippen molar-refractivity contribution in [3.05, 3.63) is 64.7 Å². The average Bonchev–Trinajstić information content (AvgIpc) is 2.52. The van der Waals surface area contributed by atoms with Crippen molar-refractivity contribution in [1.29, 1.82) is 0 Å². The van der Waals surface area contributed by atoms with Crippen LogP contribution in [0.25, 0.3) is 0 Å². The number of benzene rings is 2. The van der Waals surface area contributed by atoms with E-state index in [-0.39, 0.29) is 30.1 Å². The van der Waals surface area contributed by atoms with Gasteiger partial charge in [-0.25, -0.2) is 9.59 Å². The van der Waals surface area contributed by atoms with Crippen LogP contribution >= 0.6 is 0 Å². The molecule has 5 heteroatoms. The lowest BCUT2D eigenvalue weighted by Crippen LogP contribution is -2.13. The number of carbonyl (C=O) groups is 2. The third-order valence-electron chi connectivity index (χ3n) is 3.21. The molecule has 0 fully saturated rings. The van der Waals surface area contributed by atoms with Crippen LogP contribution in [0.5, 0.6) is 5.75 Å². The molecule has 2 aromatic carbocycles. The number of carboxylic acid groups (broad SMARTS) is 1. The lowest BCUT2D eigenvalue weighted by Gasteiger charge is -2.12. The molecule has 0 spiro atoms. The van der Waals surface area contributed by atoms with Gasteiger partial charge in [0.25, 0.3) is 0 Å². The Balaban J connectivity index is 2.29. The summed E-state index contributed by atoms with van der Waals surface area (Å²) in [5.74, 6) is -1.76. The molecule has 0 atom stereocenters. The lowest BCUT2D eigenvalue weighted by molar-refractivity contribution is 0.0513.